The van der Waals surface area contributed by atoms with Gasteiger partial charge in [-0.2, -0.15) is 0 Å². The third kappa shape index (κ3) is 4.28. The van der Waals surface area contributed by atoms with Crippen molar-refractivity contribution in [2.24, 2.45) is 5.73 Å². The van der Waals surface area contributed by atoms with Gasteiger partial charge in [0.15, 0.2) is 5.78 Å². The molecule has 1 aliphatic heterocycles. The van der Waals surface area contributed by atoms with E-state index in [1.807, 2.05) is 4.90 Å². The standard InChI is InChI=1S/C20H21FN4O3/c1-13(26)14-5-6-18(17(21)12-14)24-7-9-25(10-8-24)19(27)15-3-2-4-16(11-15)23-20(22)28/h2-6,11-12H,7-10H2,1H3,(H3,22,23,28). The van der Waals surface area contributed by atoms with Gasteiger partial charge < -0.3 is 20.9 Å². The van der Waals surface area contributed by atoms with Crippen molar-refractivity contribution in [3.8, 4) is 0 Å². The van der Waals surface area contributed by atoms with Crippen LogP contribution in [0.1, 0.15) is 27.6 Å². The van der Waals surface area contributed by atoms with Crippen molar-refractivity contribution in [2.75, 3.05) is 36.4 Å². The summed E-state index contributed by atoms with van der Waals surface area (Å²) >= 11 is 0. The lowest BCUT2D eigenvalue weighted by atomic mass is 10.1. The number of hydrogen-bond acceptors (Lipinski definition) is 4. The Labute approximate surface area is 161 Å². The lowest BCUT2D eigenvalue weighted by Crippen LogP contribution is -2.49. The molecule has 8 heteroatoms. The van der Waals surface area contributed by atoms with Crippen LogP contribution in [0, 0.1) is 5.82 Å². The zero-order valence-electron chi connectivity index (χ0n) is 15.4. The summed E-state index contributed by atoms with van der Waals surface area (Å²) in [7, 11) is 0. The molecule has 0 aliphatic carbocycles. The fourth-order valence-corrected chi connectivity index (χ4v) is 3.19. The van der Waals surface area contributed by atoms with Gasteiger partial charge in [0.25, 0.3) is 5.91 Å². The minimum Gasteiger partial charge on any atom is -0.366 e. The molecule has 2 aromatic carbocycles. The van der Waals surface area contributed by atoms with Crippen molar-refractivity contribution in [3.05, 3.63) is 59.4 Å². The summed E-state index contributed by atoms with van der Waals surface area (Å²) in [5.41, 5.74) is 6.75. The van der Waals surface area contributed by atoms with Crippen molar-refractivity contribution in [1.29, 1.82) is 0 Å². The molecule has 0 radical (unpaired) electrons. The first-order valence-electron chi connectivity index (χ1n) is 8.86. The molecule has 146 valence electrons. The highest BCUT2D eigenvalue weighted by Crippen LogP contribution is 2.23. The van der Waals surface area contributed by atoms with Crippen molar-refractivity contribution < 1.29 is 18.8 Å². The molecule has 0 spiro atoms. The predicted molar refractivity (Wildman–Crippen MR) is 104 cm³/mol. The average molecular weight is 384 g/mol. The predicted octanol–water partition coefficient (Wildman–Crippen LogP) is 2.48. The zero-order valence-corrected chi connectivity index (χ0v) is 15.4. The summed E-state index contributed by atoms with van der Waals surface area (Å²) < 4.78 is 14.3. The monoisotopic (exact) mass is 384 g/mol. The number of hydrogen-bond donors (Lipinski definition) is 2. The number of piperazine rings is 1. The molecule has 28 heavy (non-hydrogen) atoms. The normalized spacial score (nSPS) is 13.9. The van der Waals surface area contributed by atoms with Crippen LogP contribution in [0.15, 0.2) is 42.5 Å². The van der Waals surface area contributed by atoms with Crippen molar-refractivity contribution >= 4 is 29.1 Å². The first-order valence-corrected chi connectivity index (χ1v) is 8.86. The van der Waals surface area contributed by atoms with Crippen LogP contribution < -0.4 is 16.0 Å². The van der Waals surface area contributed by atoms with Gasteiger partial charge in [0, 0.05) is 43.0 Å². The molecule has 2 aromatic rings. The molecule has 1 fully saturated rings. The smallest absolute Gasteiger partial charge is 0.316 e. The molecule has 7 nitrogen and oxygen atoms in total. The number of rotatable bonds is 4. The molecule has 0 unspecified atom stereocenters. The van der Waals surface area contributed by atoms with Gasteiger partial charge in [0.05, 0.1) is 5.69 Å². The van der Waals surface area contributed by atoms with Crippen molar-refractivity contribution in [1.82, 2.24) is 4.90 Å². The number of halogens is 1. The Hall–Kier alpha value is -3.42. The van der Waals surface area contributed by atoms with Gasteiger partial charge in [-0.1, -0.05) is 6.07 Å². The molecule has 1 heterocycles. The molecular weight excluding hydrogens is 363 g/mol. The number of anilines is 2. The van der Waals surface area contributed by atoms with Crippen molar-refractivity contribution in [2.45, 2.75) is 6.92 Å². The number of primary amides is 1. The number of carbonyl (C=O) groups is 3. The first-order chi connectivity index (χ1) is 13.3. The second-order valence-electron chi connectivity index (χ2n) is 6.57. The van der Waals surface area contributed by atoms with Gasteiger partial charge in [-0.3, -0.25) is 9.59 Å². The lowest BCUT2D eigenvalue weighted by molar-refractivity contribution is 0.0746. The second kappa shape index (κ2) is 8.08. The highest BCUT2D eigenvalue weighted by atomic mass is 19.1. The van der Waals surface area contributed by atoms with E-state index in [4.69, 9.17) is 5.73 Å². The van der Waals surface area contributed by atoms with Crippen LogP contribution in [0.2, 0.25) is 0 Å². The average Bonchev–Trinajstić information content (AvgIpc) is 2.67. The molecule has 0 saturated carbocycles. The fraction of sp³-hybridized carbons (Fsp3) is 0.250. The minimum absolute atomic E-state index is 0.167. The fourth-order valence-electron chi connectivity index (χ4n) is 3.19. The summed E-state index contributed by atoms with van der Waals surface area (Å²) in [5.74, 6) is -0.799. The highest BCUT2D eigenvalue weighted by molar-refractivity contribution is 5.97. The number of nitrogens with two attached hydrogens (primary N) is 1. The Balaban J connectivity index is 1.66. The SMILES string of the molecule is CC(=O)c1ccc(N2CCN(C(=O)c3cccc(NC(N)=O)c3)CC2)c(F)c1. The number of nitrogens with zero attached hydrogens (tertiary/aromatic N) is 2. The molecule has 0 atom stereocenters. The lowest BCUT2D eigenvalue weighted by Gasteiger charge is -2.36. The van der Waals surface area contributed by atoms with Crippen LogP contribution in [0.25, 0.3) is 0 Å². The Morgan fingerprint density at radius 1 is 1.00 bits per heavy atom. The van der Waals surface area contributed by atoms with E-state index in [0.717, 1.165) is 0 Å². The number of carbonyl (C=O) groups excluding carboxylic acids is 3. The van der Waals surface area contributed by atoms with Crippen LogP contribution in [0.4, 0.5) is 20.6 Å². The number of Topliss-reactive ketones (excluding diaryl/α,β-unsaturated/α-hetero) is 1. The summed E-state index contributed by atoms with van der Waals surface area (Å²) in [4.78, 5) is 38.6. The van der Waals surface area contributed by atoms with Crippen LogP contribution in [-0.2, 0) is 0 Å². The summed E-state index contributed by atoms with van der Waals surface area (Å²) in [5, 5.41) is 2.44. The maximum atomic E-state index is 14.3. The molecule has 1 aliphatic rings. The summed E-state index contributed by atoms with van der Waals surface area (Å²) in [6.07, 6.45) is 0. The number of amides is 3. The molecule has 3 rings (SSSR count). The highest BCUT2D eigenvalue weighted by Gasteiger charge is 2.24. The van der Waals surface area contributed by atoms with E-state index in [1.54, 1.807) is 41.3 Å². The Morgan fingerprint density at radius 2 is 1.71 bits per heavy atom. The van der Waals surface area contributed by atoms with E-state index in [1.165, 1.54) is 13.0 Å². The van der Waals surface area contributed by atoms with Crippen LogP contribution in [0.5, 0.6) is 0 Å². The third-order valence-electron chi connectivity index (χ3n) is 4.64. The Bertz CT molecular complexity index is 923. The molecule has 3 N–H and O–H groups in total. The van der Waals surface area contributed by atoms with E-state index in [2.05, 4.69) is 5.32 Å². The van der Waals surface area contributed by atoms with Crippen LogP contribution in [0.3, 0.4) is 0 Å². The quantitative estimate of drug-likeness (QED) is 0.792. The maximum absolute atomic E-state index is 14.3. The van der Waals surface area contributed by atoms with Gasteiger partial charge in [-0.25, -0.2) is 9.18 Å². The van der Waals surface area contributed by atoms with Gasteiger partial charge in [0.2, 0.25) is 0 Å². The van der Waals surface area contributed by atoms with E-state index in [9.17, 15) is 18.8 Å². The number of benzene rings is 2. The molecular formula is C20H21FN4O3. The number of ketones is 1. The van der Waals surface area contributed by atoms with Gasteiger partial charge in [-0.15, -0.1) is 0 Å². The van der Waals surface area contributed by atoms with Gasteiger partial charge in [0.1, 0.15) is 5.82 Å². The maximum Gasteiger partial charge on any atom is 0.316 e. The van der Waals surface area contributed by atoms with Crippen molar-refractivity contribution in [3.63, 3.8) is 0 Å². The van der Waals surface area contributed by atoms with Gasteiger partial charge in [-0.05, 0) is 43.3 Å². The van der Waals surface area contributed by atoms with E-state index >= 15 is 0 Å². The summed E-state index contributed by atoms with van der Waals surface area (Å²) in [6, 6.07) is 10.3. The van der Waals surface area contributed by atoms with Gasteiger partial charge >= 0.3 is 6.03 Å². The Kier molecular flexibility index (Phi) is 5.58. The molecule has 3 amide bonds. The topological polar surface area (TPSA) is 95.7 Å². The van der Waals surface area contributed by atoms with Crippen LogP contribution >= 0.6 is 0 Å². The zero-order chi connectivity index (χ0) is 20.3. The van der Waals surface area contributed by atoms with Crippen LogP contribution in [-0.4, -0.2) is 48.8 Å². The molecule has 0 bridgehead atoms. The Morgan fingerprint density at radius 3 is 2.32 bits per heavy atom. The first kappa shape index (κ1) is 19.3. The largest absolute Gasteiger partial charge is 0.366 e. The minimum atomic E-state index is -0.698. The second-order valence-corrected chi connectivity index (χ2v) is 6.57. The molecule has 1 saturated heterocycles. The summed E-state index contributed by atoms with van der Waals surface area (Å²) in [6.45, 7) is 3.20. The third-order valence-corrected chi connectivity index (χ3v) is 4.64. The van der Waals surface area contributed by atoms with E-state index in [0.29, 0.717) is 48.7 Å². The van der Waals surface area contributed by atoms with E-state index in [-0.39, 0.29) is 11.7 Å². The number of urea groups is 1. The van der Waals surface area contributed by atoms with E-state index < -0.39 is 11.8 Å². The number of nitrogens with one attached hydrogen (secondary N) is 1. The molecule has 0 aromatic heterocycles.